The zero-order valence-corrected chi connectivity index (χ0v) is 12.7. The Balaban J connectivity index is 2.02. The zero-order chi connectivity index (χ0) is 14.0. The van der Waals surface area contributed by atoms with Gasteiger partial charge in [-0.1, -0.05) is 20.3 Å². The minimum absolute atomic E-state index is 0.235. The Hall–Kier alpha value is -0.410. The van der Waals surface area contributed by atoms with E-state index in [0.29, 0.717) is 18.4 Å². The van der Waals surface area contributed by atoms with Crippen LogP contribution in [0.3, 0.4) is 0 Å². The van der Waals surface area contributed by atoms with Gasteiger partial charge in [-0.25, -0.2) is 0 Å². The minimum atomic E-state index is -0.652. The Morgan fingerprint density at radius 3 is 2.68 bits per heavy atom. The molecule has 3 atom stereocenters. The van der Waals surface area contributed by atoms with E-state index in [4.69, 9.17) is 0 Å². The molecular formula is C16H29NO2. The van der Waals surface area contributed by atoms with E-state index in [0.717, 1.165) is 32.2 Å². The van der Waals surface area contributed by atoms with Crippen LogP contribution in [0.5, 0.6) is 0 Å². The second-order valence-electron chi connectivity index (χ2n) is 7.01. The van der Waals surface area contributed by atoms with Crippen molar-refractivity contribution in [1.29, 1.82) is 0 Å². The van der Waals surface area contributed by atoms with Gasteiger partial charge in [0, 0.05) is 24.9 Å². The third-order valence-electron chi connectivity index (χ3n) is 5.25. The summed E-state index contributed by atoms with van der Waals surface area (Å²) in [6.45, 7) is 7.81. The summed E-state index contributed by atoms with van der Waals surface area (Å²) in [4.78, 5) is 14.5. The van der Waals surface area contributed by atoms with Gasteiger partial charge in [-0.15, -0.1) is 0 Å². The van der Waals surface area contributed by atoms with Crippen LogP contribution >= 0.6 is 0 Å². The van der Waals surface area contributed by atoms with Crippen molar-refractivity contribution in [3.05, 3.63) is 0 Å². The summed E-state index contributed by atoms with van der Waals surface area (Å²) in [6, 6.07) is 0.387. The molecule has 19 heavy (non-hydrogen) atoms. The van der Waals surface area contributed by atoms with Gasteiger partial charge >= 0.3 is 0 Å². The Morgan fingerprint density at radius 2 is 2.05 bits per heavy atom. The van der Waals surface area contributed by atoms with Gasteiger partial charge in [0.15, 0.2) is 0 Å². The van der Waals surface area contributed by atoms with Crippen molar-refractivity contribution in [2.45, 2.75) is 70.9 Å². The van der Waals surface area contributed by atoms with Gasteiger partial charge in [0.1, 0.15) is 5.78 Å². The Morgan fingerprint density at radius 1 is 1.32 bits per heavy atom. The molecule has 1 N–H and O–H groups in total. The summed E-state index contributed by atoms with van der Waals surface area (Å²) >= 11 is 0. The first kappa shape index (κ1) is 15.0. The van der Waals surface area contributed by atoms with Crippen molar-refractivity contribution in [3.63, 3.8) is 0 Å². The molecule has 0 aromatic carbocycles. The molecule has 1 saturated carbocycles. The molecule has 0 aromatic heterocycles. The van der Waals surface area contributed by atoms with E-state index in [-0.39, 0.29) is 11.8 Å². The third-order valence-corrected chi connectivity index (χ3v) is 5.25. The molecule has 2 rings (SSSR count). The first-order chi connectivity index (χ1) is 8.92. The van der Waals surface area contributed by atoms with E-state index in [1.54, 1.807) is 0 Å². The van der Waals surface area contributed by atoms with Crippen LogP contribution in [0.2, 0.25) is 0 Å². The maximum Gasteiger partial charge on any atom is 0.137 e. The summed E-state index contributed by atoms with van der Waals surface area (Å²) in [7, 11) is 0. The second-order valence-corrected chi connectivity index (χ2v) is 7.01. The van der Waals surface area contributed by atoms with Crippen LogP contribution < -0.4 is 0 Å². The standard InChI is InChI=1S/C16H29NO2/c1-12(2)16(3,19)11-17-10-6-8-14(17)13-7-4-5-9-15(13)18/h12-14,19H,4-11H2,1-3H3. The summed E-state index contributed by atoms with van der Waals surface area (Å²) in [5.41, 5.74) is -0.652. The van der Waals surface area contributed by atoms with Crippen LogP contribution in [-0.2, 0) is 4.79 Å². The summed E-state index contributed by atoms with van der Waals surface area (Å²) < 4.78 is 0. The number of Topliss-reactive ketones (excluding diaryl/α,β-unsaturated/α-hetero) is 1. The molecule has 2 fully saturated rings. The zero-order valence-electron chi connectivity index (χ0n) is 12.7. The van der Waals surface area contributed by atoms with E-state index in [1.807, 2.05) is 6.92 Å². The first-order valence-corrected chi connectivity index (χ1v) is 7.91. The molecule has 3 nitrogen and oxygen atoms in total. The monoisotopic (exact) mass is 267 g/mol. The van der Waals surface area contributed by atoms with E-state index in [2.05, 4.69) is 18.7 Å². The summed E-state index contributed by atoms with van der Waals surface area (Å²) in [5, 5.41) is 10.5. The molecule has 0 amide bonds. The highest BCUT2D eigenvalue weighted by molar-refractivity contribution is 5.82. The van der Waals surface area contributed by atoms with E-state index in [1.165, 1.54) is 12.8 Å². The Kier molecular flexibility index (Phi) is 4.67. The van der Waals surface area contributed by atoms with Crippen molar-refractivity contribution in [2.75, 3.05) is 13.1 Å². The van der Waals surface area contributed by atoms with E-state index in [9.17, 15) is 9.90 Å². The predicted octanol–water partition coefficient (Wildman–Crippen LogP) is 2.62. The average molecular weight is 267 g/mol. The van der Waals surface area contributed by atoms with Gasteiger partial charge in [-0.3, -0.25) is 9.69 Å². The van der Waals surface area contributed by atoms with Gasteiger partial charge in [-0.05, 0) is 45.1 Å². The molecule has 0 aromatic rings. The van der Waals surface area contributed by atoms with Gasteiger partial charge < -0.3 is 5.11 Å². The molecule has 1 aliphatic carbocycles. The van der Waals surface area contributed by atoms with Crippen molar-refractivity contribution in [1.82, 2.24) is 4.90 Å². The predicted molar refractivity (Wildman–Crippen MR) is 77.0 cm³/mol. The van der Waals surface area contributed by atoms with Crippen LogP contribution in [0.25, 0.3) is 0 Å². The lowest BCUT2D eigenvalue weighted by Crippen LogP contribution is -2.49. The molecule has 1 saturated heterocycles. The molecule has 0 spiro atoms. The van der Waals surface area contributed by atoms with Gasteiger partial charge in [-0.2, -0.15) is 0 Å². The molecule has 0 radical (unpaired) electrons. The summed E-state index contributed by atoms with van der Waals surface area (Å²) in [5.74, 6) is 0.947. The number of aliphatic hydroxyl groups is 1. The minimum Gasteiger partial charge on any atom is -0.389 e. The fourth-order valence-electron chi connectivity index (χ4n) is 3.51. The lowest BCUT2D eigenvalue weighted by molar-refractivity contribution is -0.127. The van der Waals surface area contributed by atoms with E-state index < -0.39 is 5.60 Å². The maximum atomic E-state index is 12.1. The fraction of sp³-hybridized carbons (Fsp3) is 0.938. The summed E-state index contributed by atoms with van der Waals surface area (Å²) in [6.07, 6.45) is 6.40. The van der Waals surface area contributed by atoms with Gasteiger partial charge in [0.05, 0.1) is 5.60 Å². The van der Waals surface area contributed by atoms with Crippen LogP contribution in [0, 0.1) is 11.8 Å². The fourth-order valence-corrected chi connectivity index (χ4v) is 3.51. The van der Waals surface area contributed by atoms with Crippen LogP contribution in [0.1, 0.15) is 59.3 Å². The van der Waals surface area contributed by atoms with E-state index >= 15 is 0 Å². The molecule has 2 aliphatic rings. The number of β-amino-alcohol motifs (C(OH)–C–C–N with tert-alkyl or cyclic N) is 1. The number of carbonyl (C=O) groups is 1. The number of likely N-dealkylation sites (tertiary alicyclic amines) is 1. The van der Waals surface area contributed by atoms with Crippen LogP contribution in [0.4, 0.5) is 0 Å². The molecule has 3 unspecified atom stereocenters. The van der Waals surface area contributed by atoms with Crippen LogP contribution in [-0.4, -0.2) is 40.5 Å². The number of hydrogen-bond acceptors (Lipinski definition) is 3. The number of ketones is 1. The lowest BCUT2D eigenvalue weighted by Gasteiger charge is -2.38. The van der Waals surface area contributed by atoms with Crippen molar-refractivity contribution in [3.8, 4) is 0 Å². The largest absolute Gasteiger partial charge is 0.389 e. The van der Waals surface area contributed by atoms with Gasteiger partial charge in [0.2, 0.25) is 0 Å². The molecule has 0 bridgehead atoms. The Labute approximate surface area is 117 Å². The lowest BCUT2D eigenvalue weighted by atomic mass is 9.81. The number of carbonyl (C=O) groups excluding carboxylic acids is 1. The molecular weight excluding hydrogens is 238 g/mol. The van der Waals surface area contributed by atoms with Crippen molar-refractivity contribution < 1.29 is 9.90 Å². The second kappa shape index (κ2) is 5.92. The smallest absolute Gasteiger partial charge is 0.137 e. The highest BCUT2D eigenvalue weighted by atomic mass is 16.3. The number of hydrogen-bond donors (Lipinski definition) is 1. The van der Waals surface area contributed by atoms with Crippen molar-refractivity contribution >= 4 is 5.78 Å². The van der Waals surface area contributed by atoms with Crippen LogP contribution in [0.15, 0.2) is 0 Å². The highest BCUT2D eigenvalue weighted by Gasteiger charge is 2.39. The molecule has 1 heterocycles. The third kappa shape index (κ3) is 3.38. The Bertz CT molecular complexity index is 325. The maximum absolute atomic E-state index is 12.1. The molecule has 110 valence electrons. The molecule has 3 heteroatoms. The number of rotatable bonds is 4. The van der Waals surface area contributed by atoms with Crippen molar-refractivity contribution in [2.24, 2.45) is 11.8 Å². The topological polar surface area (TPSA) is 40.5 Å². The normalized spacial score (nSPS) is 32.8. The first-order valence-electron chi connectivity index (χ1n) is 7.91. The average Bonchev–Trinajstić information content (AvgIpc) is 2.77. The SMILES string of the molecule is CC(C)C(C)(O)CN1CCCC1C1CCCCC1=O. The molecule has 1 aliphatic heterocycles. The quantitative estimate of drug-likeness (QED) is 0.851. The highest BCUT2D eigenvalue weighted by Crippen LogP contribution is 2.33. The number of nitrogens with zero attached hydrogens (tertiary/aromatic N) is 1. The van der Waals surface area contributed by atoms with Gasteiger partial charge in [0.25, 0.3) is 0 Å².